The number of unbranched alkanes of at least 4 members (excludes halogenated alkanes) is 3. The van der Waals surface area contributed by atoms with Crippen LogP contribution in [0.15, 0.2) is 4.99 Å². The minimum absolute atomic E-state index is 0.104. The number of thioether (sulfide) groups is 1. The highest BCUT2D eigenvalue weighted by atomic mass is 32.2. The molecule has 2 heterocycles. The van der Waals surface area contributed by atoms with E-state index in [0.29, 0.717) is 19.8 Å². The highest BCUT2D eigenvalue weighted by molar-refractivity contribution is 8.14. The Morgan fingerprint density at radius 2 is 1.60 bits per heavy atom. The van der Waals surface area contributed by atoms with Crippen molar-refractivity contribution >= 4 is 16.9 Å². The van der Waals surface area contributed by atoms with Crippen LogP contribution < -0.4 is 0 Å². The van der Waals surface area contributed by atoms with Crippen molar-refractivity contribution < 1.29 is 24.1 Å². The first-order valence-electron chi connectivity index (χ1n) is 11.6. The number of aliphatic hydroxyl groups excluding tert-OH is 1. The molecular weight excluding hydrogens is 404 g/mol. The predicted octanol–water partition coefficient (Wildman–Crippen LogP) is 3.29. The largest absolute Gasteiger partial charge is 0.394 e. The van der Waals surface area contributed by atoms with Crippen molar-refractivity contribution in [3.63, 3.8) is 0 Å². The summed E-state index contributed by atoms with van der Waals surface area (Å²) in [6.45, 7) is 8.24. The van der Waals surface area contributed by atoms with E-state index < -0.39 is 6.10 Å². The van der Waals surface area contributed by atoms with E-state index in [1.807, 2.05) is 19.0 Å². The topological polar surface area (TPSA) is 72.8 Å². The zero-order valence-corrected chi connectivity index (χ0v) is 20.2. The van der Waals surface area contributed by atoms with Crippen molar-refractivity contribution in [2.45, 2.75) is 95.2 Å². The van der Waals surface area contributed by atoms with E-state index >= 15 is 0 Å². The summed E-state index contributed by atoms with van der Waals surface area (Å²) in [7, 11) is 3.99. The van der Waals surface area contributed by atoms with Gasteiger partial charge in [0.2, 0.25) is 0 Å². The molecule has 176 valence electrons. The summed E-state index contributed by atoms with van der Waals surface area (Å²) in [5.41, 5.74) is -0.158. The molecule has 1 N–H and O–H groups in total. The van der Waals surface area contributed by atoms with Gasteiger partial charge in [0.05, 0.1) is 6.61 Å². The molecule has 0 spiro atoms. The molecule has 0 bridgehead atoms. The fourth-order valence-corrected chi connectivity index (χ4v) is 4.74. The first kappa shape index (κ1) is 25.9. The number of rotatable bonds is 14. The zero-order chi connectivity index (χ0) is 21.9. The average Bonchev–Trinajstić information content (AvgIpc) is 3.17. The van der Waals surface area contributed by atoms with Gasteiger partial charge in [-0.3, -0.25) is 4.99 Å². The maximum absolute atomic E-state index is 10.1. The van der Waals surface area contributed by atoms with Crippen LogP contribution in [-0.4, -0.2) is 91.6 Å². The molecule has 7 nitrogen and oxygen atoms in total. The smallest absolute Gasteiger partial charge is 0.161 e. The molecule has 0 saturated carbocycles. The van der Waals surface area contributed by atoms with Gasteiger partial charge in [-0.2, -0.15) is 0 Å². The van der Waals surface area contributed by atoms with Crippen molar-refractivity contribution in [2.75, 3.05) is 40.5 Å². The van der Waals surface area contributed by atoms with Crippen LogP contribution in [0.3, 0.4) is 0 Å². The van der Waals surface area contributed by atoms with Gasteiger partial charge in [-0.1, -0.05) is 51.8 Å². The van der Waals surface area contributed by atoms with Crippen LogP contribution in [0.4, 0.5) is 0 Å². The second-order valence-corrected chi connectivity index (χ2v) is 9.27. The third-order valence-electron chi connectivity index (χ3n) is 5.41. The number of fused-ring (bicyclic) bond motifs is 1. The number of hydrogen-bond acceptors (Lipinski definition) is 8. The Labute approximate surface area is 186 Å². The van der Waals surface area contributed by atoms with Crippen LogP contribution in [0, 0.1) is 0 Å². The molecule has 0 aromatic rings. The van der Waals surface area contributed by atoms with E-state index in [9.17, 15) is 5.11 Å². The number of hydrogen-bond donors (Lipinski definition) is 1. The first-order chi connectivity index (χ1) is 14.6. The fourth-order valence-electron chi connectivity index (χ4n) is 3.60. The Hall–Kier alpha value is -0.380. The minimum atomic E-state index is -0.439. The Morgan fingerprint density at radius 1 is 1.00 bits per heavy atom. The van der Waals surface area contributed by atoms with Gasteiger partial charge in [-0.15, -0.1) is 0 Å². The molecule has 2 rings (SSSR count). The minimum Gasteiger partial charge on any atom is -0.394 e. The summed E-state index contributed by atoms with van der Waals surface area (Å²) in [6, 6.07) is -0.123. The zero-order valence-electron chi connectivity index (χ0n) is 19.4. The number of aliphatic hydroxyl groups is 1. The molecular formula is C22H42N2O5S. The van der Waals surface area contributed by atoms with E-state index in [1.54, 1.807) is 11.8 Å². The molecule has 0 aliphatic carbocycles. The van der Waals surface area contributed by atoms with Crippen molar-refractivity contribution in [2.24, 2.45) is 4.99 Å². The highest BCUT2D eigenvalue weighted by Gasteiger charge is 2.53. The lowest BCUT2D eigenvalue weighted by atomic mass is 9.94. The maximum atomic E-state index is 10.1. The van der Waals surface area contributed by atoms with E-state index in [1.165, 1.54) is 0 Å². The van der Waals surface area contributed by atoms with Crippen LogP contribution in [-0.2, 0) is 18.9 Å². The van der Waals surface area contributed by atoms with Crippen LogP contribution in [0.5, 0.6) is 0 Å². The molecule has 1 unspecified atom stereocenters. The summed E-state index contributed by atoms with van der Waals surface area (Å²) < 4.78 is 25.2. The average molecular weight is 447 g/mol. The molecule has 0 aromatic carbocycles. The molecule has 0 amide bonds. The Balaban J connectivity index is 2.25. The Morgan fingerprint density at radius 3 is 2.17 bits per heavy atom. The standard InChI is InChI=1S/C22H42N2O5S/c1-6-9-12-26-16(15-25)18-20(28-14-11-8-3)19(27-13-10-7-2)17-21(29-18)30-22(23-17)24(4)5/h16-21,25H,6-15H2,1-5H3/t16?,17-,18-,19-,20-,21-/m1/s1. The van der Waals surface area contributed by atoms with Crippen molar-refractivity contribution in [1.29, 1.82) is 0 Å². The monoisotopic (exact) mass is 446 g/mol. The van der Waals surface area contributed by atoms with Gasteiger partial charge in [0.25, 0.3) is 0 Å². The van der Waals surface area contributed by atoms with Crippen LogP contribution in [0.2, 0.25) is 0 Å². The van der Waals surface area contributed by atoms with E-state index in [0.717, 1.165) is 43.7 Å². The molecule has 0 radical (unpaired) electrons. The lowest BCUT2D eigenvalue weighted by Gasteiger charge is -2.45. The number of ether oxygens (including phenoxy) is 4. The quantitative estimate of drug-likeness (QED) is 0.411. The second-order valence-electron chi connectivity index (χ2n) is 8.21. The van der Waals surface area contributed by atoms with Gasteiger partial charge < -0.3 is 29.0 Å². The molecule has 2 aliphatic heterocycles. The summed E-state index contributed by atoms with van der Waals surface area (Å²) in [6.07, 6.45) is 4.73. The van der Waals surface area contributed by atoms with E-state index in [2.05, 4.69) is 20.8 Å². The maximum Gasteiger partial charge on any atom is 0.161 e. The van der Waals surface area contributed by atoms with Gasteiger partial charge in [0.15, 0.2) is 5.17 Å². The molecule has 6 atom stereocenters. The Kier molecular flexibility index (Phi) is 12.0. The predicted molar refractivity (Wildman–Crippen MR) is 122 cm³/mol. The van der Waals surface area contributed by atoms with Gasteiger partial charge in [0.1, 0.15) is 35.9 Å². The number of aliphatic imine (C=N–C) groups is 1. The molecule has 0 aromatic heterocycles. The summed E-state index contributed by atoms with van der Waals surface area (Å²) in [5.74, 6) is 0. The molecule has 30 heavy (non-hydrogen) atoms. The van der Waals surface area contributed by atoms with Gasteiger partial charge in [-0.25, -0.2) is 0 Å². The van der Waals surface area contributed by atoms with Crippen LogP contribution in [0.25, 0.3) is 0 Å². The molecule has 1 fully saturated rings. The third-order valence-corrected chi connectivity index (χ3v) is 6.71. The lowest BCUT2D eigenvalue weighted by molar-refractivity contribution is -0.226. The second kappa shape index (κ2) is 13.9. The van der Waals surface area contributed by atoms with Crippen LogP contribution in [0.1, 0.15) is 59.3 Å². The van der Waals surface area contributed by atoms with E-state index in [4.69, 9.17) is 23.9 Å². The molecule has 1 saturated heterocycles. The molecule has 2 aliphatic rings. The van der Waals surface area contributed by atoms with Crippen molar-refractivity contribution in [3.05, 3.63) is 0 Å². The number of nitrogens with zero attached hydrogens (tertiary/aromatic N) is 2. The lowest BCUT2D eigenvalue weighted by Crippen LogP contribution is -2.61. The van der Waals surface area contributed by atoms with Crippen molar-refractivity contribution in [1.82, 2.24) is 4.90 Å². The third kappa shape index (κ3) is 7.07. The van der Waals surface area contributed by atoms with Crippen molar-refractivity contribution in [3.8, 4) is 0 Å². The van der Waals surface area contributed by atoms with Gasteiger partial charge >= 0.3 is 0 Å². The Bertz CT molecular complexity index is 508. The fraction of sp³-hybridized carbons (Fsp3) is 0.955. The number of amidine groups is 1. The normalized spacial score (nSPS) is 29.5. The molecule has 8 heteroatoms. The summed E-state index contributed by atoms with van der Waals surface area (Å²) in [4.78, 5) is 6.93. The van der Waals surface area contributed by atoms with Gasteiger partial charge in [-0.05, 0) is 19.3 Å². The first-order valence-corrected chi connectivity index (χ1v) is 12.5. The SMILES string of the molecule is CCCCOC(CO)[C@H]1O[C@@H]2SC(N(C)C)=N[C@@H]2[C@@H](OCCCC)[C@@H]1OCCCC. The highest BCUT2D eigenvalue weighted by Crippen LogP contribution is 2.40. The summed E-state index contributed by atoms with van der Waals surface area (Å²) >= 11 is 1.62. The van der Waals surface area contributed by atoms with Gasteiger partial charge in [0, 0.05) is 33.9 Å². The summed E-state index contributed by atoms with van der Waals surface area (Å²) in [5, 5.41) is 11.0. The van der Waals surface area contributed by atoms with Crippen LogP contribution >= 0.6 is 11.8 Å². The van der Waals surface area contributed by atoms with E-state index in [-0.39, 0.29) is 36.4 Å².